The van der Waals surface area contributed by atoms with Crippen molar-refractivity contribution in [2.75, 3.05) is 24.5 Å². The van der Waals surface area contributed by atoms with Gasteiger partial charge in [0.15, 0.2) is 5.84 Å². The lowest BCUT2D eigenvalue weighted by molar-refractivity contribution is -0.119. The van der Waals surface area contributed by atoms with Gasteiger partial charge >= 0.3 is 0 Å². The van der Waals surface area contributed by atoms with Crippen LogP contribution < -0.4 is 16.5 Å². The van der Waals surface area contributed by atoms with Crippen LogP contribution in [0.15, 0.2) is 29.4 Å². The fraction of sp³-hybridized carbons (Fsp3) is 0.167. The number of rotatable bonds is 6. The highest BCUT2D eigenvalue weighted by Crippen LogP contribution is 2.13. The summed E-state index contributed by atoms with van der Waals surface area (Å²) in [4.78, 5) is 11.3. The molecule has 0 unspecified atom stereocenters. The van der Waals surface area contributed by atoms with E-state index >= 15 is 0 Å². The average molecular weight is 274 g/mol. The number of amidine groups is 1. The highest BCUT2D eigenvalue weighted by Gasteiger charge is 2.02. The normalized spacial score (nSPS) is 10.5. The number of nitrogens with one attached hydrogen (secondary N) is 3. The molecular formula is C12H14N6O2. The molecule has 1 aromatic rings. The molecule has 1 rings (SSSR count). The van der Waals surface area contributed by atoms with E-state index < -0.39 is 5.84 Å². The van der Waals surface area contributed by atoms with Crippen molar-refractivity contribution in [1.82, 2.24) is 0 Å². The second-order valence-corrected chi connectivity index (χ2v) is 3.66. The summed E-state index contributed by atoms with van der Waals surface area (Å²) >= 11 is 0. The lowest BCUT2D eigenvalue weighted by Crippen LogP contribution is -2.21. The minimum Gasteiger partial charge on any atom is -0.382 e. The maximum atomic E-state index is 11.3. The summed E-state index contributed by atoms with van der Waals surface area (Å²) in [5, 5.41) is 22.1. The zero-order valence-corrected chi connectivity index (χ0v) is 10.8. The lowest BCUT2D eigenvalue weighted by Gasteiger charge is -2.06. The van der Waals surface area contributed by atoms with Crippen LogP contribution in [0.4, 0.5) is 11.4 Å². The molecule has 8 nitrogen and oxygen atoms in total. The number of hydrogen-bond acceptors (Lipinski definition) is 6. The van der Waals surface area contributed by atoms with Crippen LogP contribution in [0.1, 0.15) is 0 Å². The van der Waals surface area contributed by atoms with E-state index in [4.69, 9.17) is 21.1 Å². The van der Waals surface area contributed by atoms with Gasteiger partial charge in [0.2, 0.25) is 11.6 Å². The van der Waals surface area contributed by atoms with Gasteiger partial charge < -0.3 is 15.8 Å². The Kier molecular flexibility index (Phi) is 5.68. The zero-order chi connectivity index (χ0) is 15.0. The number of methoxy groups -OCH3 is 1. The molecule has 1 amide bonds. The Morgan fingerprint density at radius 3 is 2.55 bits per heavy atom. The molecule has 0 atom stereocenters. The van der Waals surface area contributed by atoms with E-state index in [1.165, 1.54) is 7.11 Å². The van der Waals surface area contributed by atoms with Gasteiger partial charge in [0.1, 0.15) is 12.7 Å². The molecular weight excluding hydrogens is 260 g/mol. The van der Waals surface area contributed by atoms with Gasteiger partial charge in [-0.1, -0.05) is 0 Å². The number of hydrogen-bond donors (Lipinski definition) is 4. The first-order valence-corrected chi connectivity index (χ1v) is 5.54. The Balaban J connectivity index is 2.66. The predicted molar refractivity (Wildman–Crippen MR) is 75.5 cm³/mol. The van der Waals surface area contributed by atoms with Gasteiger partial charge in [-0.05, 0) is 24.3 Å². The molecule has 104 valence electrons. The quantitative estimate of drug-likeness (QED) is 0.340. The average Bonchev–Trinajstić information content (AvgIpc) is 2.41. The van der Waals surface area contributed by atoms with E-state index in [-0.39, 0.29) is 18.2 Å². The van der Waals surface area contributed by atoms with Crippen LogP contribution in [0, 0.1) is 16.7 Å². The molecule has 0 aromatic heterocycles. The Morgan fingerprint density at radius 1 is 1.45 bits per heavy atom. The summed E-state index contributed by atoms with van der Waals surface area (Å²) in [6.07, 6.45) is 0. The van der Waals surface area contributed by atoms with Crippen LogP contribution in [0.5, 0.6) is 0 Å². The third kappa shape index (κ3) is 4.75. The Bertz CT molecular complexity index is 558. The van der Waals surface area contributed by atoms with Crippen molar-refractivity contribution in [1.29, 1.82) is 10.7 Å². The molecule has 0 saturated heterocycles. The highest BCUT2D eigenvalue weighted by molar-refractivity contribution is 6.45. The van der Waals surface area contributed by atoms with Crippen molar-refractivity contribution in [3.8, 4) is 6.07 Å². The number of nitrogens with zero attached hydrogens (tertiary/aromatic N) is 2. The molecule has 8 heteroatoms. The second-order valence-electron chi connectivity index (χ2n) is 3.66. The molecule has 0 spiro atoms. The minimum atomic E-state index is -0.413. The number of hydrazone groups is 1. The molecule has 5 N–H and O–H groups in total. The van der Waals surface area contributed by atoms with Crippen LogP contribution in [-0.4, -0.2) is 31.2 Å². The zero-order valence-electron chi connectivity index (χ0n) is 10.8. The third-order valence-electron chi connectivity index (χ3n) is 2.10. The van der Waals surface area contributed by atoms with E-state index in [9.17, 15) is 4.79 Å². The van der Waals surface area contributed by atoms with Crippen LogP contribution in [0.3, 0.4) is 0 Å². The fourth-order valence-corrected chi connectivity index (χ4v) is 1.22. The Morgan fingerprint density at radius 2 is 2.05 bits per heavy atom. The van der Waals surface area contributed by atoms with Crippen LogP contribution in [-0.2, 0) is 9.53 Å². The van der Waals surface area contributed by atoms with E-state index in [2.05, 4.69) is 15.8 Å². The second kappa shape index (κ2) is 7.50. The third-order valence-corrected chi connectivity index (χ3v) is 2.10. The summed E-state index contributed by atoms with van der Waals surface area (Å²) in [6.45, 7) is -0.0194. The first kappa shape index (κ1) is 15.1. The molecule has 0 bridgehead atoms. The number of carbonyl (C=O) groups is 1. The van der Waals surface area contributed by atoms with Crippen molar-refractivity contribution in [2.45, 2.75) is 0 Å². The van der Waals surface area contributed by atoms with Crippen LogP contribution in [0.25, 0.3) is 0 Å². The van der Waals surface area contributed by atoms with Gasteiger partial charge in [-0.3, -0.25) is 15.6 Å². The Labute approximate surface area is 115 Å². The lowest BCUT2D eigenvalue weighted by atomic mass is 10.3. The number of nitrogens with two attached hydrogens (primary N) is 1. The maximum Gasteiger partial charge on any atom is 0.250 e. The fourth-order valence-electron chi connectivity index (χ4n) is 1.22. The molecule has 20 heavy (non-hydrogen) atoms. The number of nitriles is 1. The molecule has 0 radical (unpaired) electrons. The van der Waals surface area contributed by atoms with Crippen molar-refractivity contribution in [3.05, 3.63) is 24.3 Å². The number of anilines is 2. The molecule has 0 aliphatic rings. The van der Waals surface area contributed by atoms with E-state index in [1.54, 1.807) is 30.3 Å². The van der Waals surface area contributed by atoms with E-state index in [1.807, 2.05) is 0 Å². The van der Waals surface area contributed by atoms with Gasteiger partial charge in [-0.15, -0.1) is 0 Å². The first-order chi connectivity index (χ1) is 9.56. The van der Waals surface area contributed by atoms with Crippen molar-refractivity contribution < 1.29 is 9.53 Å². The van der Waals surface area contributed by atoms with Gasteiger partial charge in [0.05, 0.1) is 5.69 Å². The summed E-state index contributed by atoms with van der Waals surface area (Å²) in [5.41, 5.74) is 8.73. The number of ether oxygens (including phenoxy) is 1. The number of benzene rings is 1. The smallest absolute Gasteiger partial charge is 0.250 e. The van der Waals surface area contributed by atoms with Gasteiger partial charge in [-0.2, -0.15) is 10.4 Å². The van der Waals surface area contributed by atoms with E-state index in [0.717, 1.165) is 0 Å². The van der Waals surface area contributed by atoms with Gasteiger partial charge in [0.25, 0.3) is 0 Å². The summed E-state index contributed by atoms with van der Waals surface area (Å²) < 4.78 is 4.69. The number of carbonyl (C=O) groups excluding carboxylic acids is 1. The molecule has 0 heterocycles. The first-order valence-electron chi connectivity index (χ1n) is 5.54. The van der Waals surface area contributed by atoms with Crippen LogP contribution in [0.2, 0.25) is 0 Å². The maximum absolute atomic E-state index is 11.3. The predicted octanol–water partition coefficient (Wildman–Crippen LogP) is 0.499. The summed E-state index contributed by atoms with van der Waals surface area (Å²) in [7, 11) is 1.44. The monoisotopic (exact) mass is 274 g/mol. The SMILES string of the molecule is COCC(=O)Nc1ccc(N/N=C(\C#N)C(=N)N)cc1. The minimum absolute atomic E-state index is 0.0194. The molecule has 0 saturated carbocycles. The van der Waals surface area contributed by atoms with Gasteiger partial charge in [0, 0.05) is 12.8 Å². The summed E-state index contributed by atoms with van der Waals surface area (Å²) in [5.74, 6) is -0.668. The molecule has 0 fully saturated rings. The molecule has 1 aromatic carbocycles. The van der Waals surface area contributed by atoms with Crippen molar-refractivity contribution in [3.63, 3.8) is 0 Å². The van der Waals surface area contributed by atoms with Crippen LogP contribution >= 0.6 is 0 Å². The standard InChI is InChI=1S/C12H14N6O2/c1-20-7-11(19)16-8-2-4-9(5-3-8)17-18-10(6-13)12(14)15/h2-5,17H,7H2,1H3,(H3,14,15)(H,16,19)/b18-10+. The van der Waals surface area contributed by atoms with Crippen molar-refractivity contribution >= 4 is 28.8 Å². The summed E-state index contributed by atoms with van der Waals surface area (Å²) in [6, 6.07) is 8.31. The van der Waals surface area contributed by atoms with Gasteiger partial charge in [-0.25, -0.2) is 0 Å². The van der Waals surface area contributed by atoms with E-state index in [0.29, 0.717) is 11.4 Å². The topological polar surface area (TPSA) is 136 Å². The Hall–Kier alpha value is -2.92. The number of amides is 1. The molecule has 0 aliphatic carbocycles. The molecule has 0 aliphatic heterocycles. The highest BCUT2D eigenvalue weighted by atomic mass is 16.5. The van der Waals surface area contributed by atoms with Crippen molar-refractivity contribution in [2.24, 2.45) is 10.8 Å². The largest absolute Gasteiger partial charge is 0.382 e.